The Bertz CT molecular complexity index is 369. The van der Waals surface area contributed by atoms with E-state index in [2.05, 4.69) is 41.0 Å². The minimum absolute atomic E-state index is 0.706. The van der Waals surface area contributed by atoms with E-state index < -0.39 is 0 Å². The number of thiazole rings is 1. The topological polar surface area (TPSA) is 31.4 Å². The smallest absolute Gasteiger partial charge is 0.107 e. The van der Waals surface area contributed by atoms with E-state index in [1.165, 1.54) is 23.0 Å². The van der Waals surface area contributed by atoms with Crippen molar-refractivity contribution >= 4 is 11.3 Å². The van der Waals surface area contributed by atoms with Crippen LogP contribution in [-0.2, 0) is 13.1 Å². The summed E-state index contributed by atoms with van der Waals surface area (Å²) in [6.07, 6.45) is 2.03. The lowest BCUT2D eigenvalue weighted by atomic mass is 10.2. The molecule has 0 unspecified atom stereocenters. The van der Waals surface area contributed by atoms with Gasteiger partial charge in [-0.1, -0.05) is 13.8 Å². The number of likely N-dealkylation sites (N-methyl/N-ethyl adjacent to an activating group) is 1. The third kappa shape index (κ3) is 5.18. The number of rotatable bonds is 6. The second kappa shape index (κ2) is 7.33. The molecule has 5 heteroatoms. The van der Waals surface area contributed by atoms with Crippen LogP contribution in [0.1, 0.15) is 23.7 Å². The van der Waals surface area contributed by atoms with Gasteiger partial charge in [0.15, 0.2) is 0 Å². The van der Waals surface area contributed by atoms with E-state index in [0.717, 1.165) is 32.7 Å². The Labute approximate surface area is 120 Å². The van der Waals surface area contributed by atoms with Crippen molar-refractivity contribution in [1.82, 2.24) is 20.1 Å². The van der Waals surface area contributed by atoms with Crippen molar-refractivity contribution in [1.29, 1.82) is 0 Å². The first-order valence-corrected chi connectivity index (χ1v) is 8.00. The molecule has 4 nitrogen and oxygen atoms in total. The molecule has 0 aromatic carbocycles. The van der Waals surface area contributed by atoms with E-state index in [1.807, 2.05) is 17.5 Å². The number of hydrogen-bond donors (Lipinski definition) is 1. The van der Waals surface area contributed by atoms with Crippen molar-refractivity contribution in [3.8, 4) is 0 Å². The Hall–Kier alpha value is -0.490. The second-order valence-corrected chi connectivity index (χ2v) is 7.02. The fourth-order valence-electron chi connectivity index (χ4n) is 2.18. The third-order valence-electron chi connectivity index (χ3n) is 3.41. The molecule has 0 spiro atoms. The molecule has 1 aliphatic heterocycles. The highest BCUT2D eigenvalue weighted by molar-refractivity contribution is 7.11. The van der Waals surface area contributed by atoms with E-state index in [4.69, 9.17) is 0 Å². The van der Waals surface area contributed by atoms with Crippen molar-refractivity contribution in [2.75, 3.05) is 39.8 Å². The van der Waals surface area contributed by atoms with Gasteiger partial charge in [-0.15, -0.1) is 11.3 Å². The predicted molar refractivity (Wildman–Crippen MR) is 81.4 cm³/mol. The molecular formula is C14H26N4S. The Morgan fingerprint density at radius 1 is 1.32 bits per heavy atom. The lowest BCUT2D eigenvalue weighted by molar-refractivity contribution is 0.148. The van der Waals surface area contributed by atoms with Gasteiger partial charge >= 0.3 is 0 Å². The first-order chi connectivity index (χ1) is 9.13. The zero-order valence-electron chi connectivity index (χ0n) is 12.4. The maximum absolute atomic E-state index is 4.55. The Kier molecular flexibility index (Phi) is 5.76. The van der Waals surface area contributed by atoms with Gasteiger partial charge in [-0.05, 0) is 19.5 Å². The molecule has 1 aromatic rings. The summed E-state index contributed by atoms with van der Waals surface area (Å²) in [5, 5.41) is 4.73. The SMILES string of the molecule is CC(C)CNCc1cnc(CN2CCN(C)CC2)s1. The molecule has 108 valence electrons. The molecule has 2 heterocycles. The quantitative estimate of drug-likeness (QED) is 0.859. The van der Waals surface area contributed by atoms with Crippen LogP contribution in [0.25, 0.3) is 0 Å². The molecule has 0 aliphatic carbocycles. The van der Waals surface area contributed by atoms with Crippen LogP contribution in [0.5, 0.6) is 0 Å². The van der Waals surface area contributed by atoms with Crippen LogP contribution >= 0.6 is 11.3 Å². The Balaban J connectivity index is 1.74. The molecule has 1 N–H and O–H groups in total. The molecule has 0 bridgehead atoms. The van der Waals surface area contributed by atoms with E-state index in [9.17, 15) is 0 Å². The van der Waals surface area contributed by atoms with Gasteiger partial charge in [-0.2, -0.15) is 0 Å². The van der Waals surface area contributed by atoms with E-state index in [-0.39, 0.29) is 0 Å². The lowest BCUT2D eigenvalue weighted by Crippen LogP contribution is -2.43. The van der Waals surface area contributed by atoms with Crippen molar-refractivity contribution in [2.45, 2.75) is 26.9 Å². The van der Waals surface area contributed by atoms with Crippen LogP contribution in [0.15, 0.2) is 6.20 Å². The van der Waals surface area contributed by atoms with Crippen LogP contribution in [0.2, 0.25) is 0 Å². The Morgan fingerprint density at radius 2 is 2.05 bits per heavy atom. The lowest BCUT2D eigenvalue weighted by Gasteiger charge is -2.31. The number of piperazine rings is 1. The van der Waals surface area contributed by atoms with Crippen LogP contribution in [0.3, 0.4) is 0 Å². The summed E-state index contributed by atoms with van der Waals surface area (Å²) >= 11 is 1.85. The molecule has 0 saturated carbocycles. The van der Waals surface area contributed by atoms with Gasteiger partial charge in [0.25, 0.3) is 0 Å². The van der Waals surface area contributed by atoms with Crippen LogP contribution < -0.4 is 5.32 Å². The summed E-state index contributed by atoms with van der Waals surface area (Å²) in [6, 6.07) is 0. The van der Waals surface area contributed by atoms with Crippen LogP contribution in [0, 0.1) is 5.92 Å². The summed E-state index contributed by atoms with van der Waals surface area (Å²) in [6.45, 7) is 12.2. The van der Waals surface area contributed by atoms with E-state index >= 15 is 0 Å². The normalized spacial score (nSPS) is 18.3. The molecule has 19 heavy (non-hydrogen) atoms. The monoisotopic (exact) mass is 282 g/mol. The Morgan fingerprint density at radius 3 is 2.74 bits per heavy atom. The van der Waals surface area contributed by atoms with E-state index in [0.29, 0.717) is 5.92 Å². The first kappa shape index (κ1) is 14.9. The molecule has 1 fully saturated rings. The fourth-order valence-corrected chi connectivity index (χ4v) is 3.12. The maximum Gasteiger partial charge on any atom is 0.107 e. The van der Waals surface area contributed by atoms with Gasteiger partial charge in [-0.25, -0.2) is 4.98 Å². The minimum Gasteiger partial charge on any atom is -0.312 e. The summed E-state index contributed by atoms with van der Waals surface area (Å²) in [5.74, 6) is 0.706. The number of hydrogen-bond acceptors (Lipinski definition) is 5. The highest BCUT2D eigenvalue weighted by Gasteiger charge is 2.15. The number of aromatic nitrogens is 1. The zero-order chi connectivity index (χ0) is 13.7. The molecule has 1 aromatic heterocycles. The summed E-state index contributed by atoms with van der Waals surface area (Å²) in [7, 11) is 2.19. The standard InChI is InChI=1S/C14H26N4S/c1-12(2)8-15-9-13-10-16-14(19-13)11-18-6-4-17(3)5-7-18/h10,12,15H,4-9,11H2,1-3H3. The van der Waals surface area contributed by atoms with Crippen molar-refractivity contribution in [3.05, 3.63) is 16.1 Å². The number of nitrogens with zero attached hydrogens (tertiary/aromatic N) is 3. The predicted octanol–water partition coefficient (Wildman–Crippen LogP) is 1.64. The van der Waals surface area contributed by atoms with Gasteiger partial charge < -0.3 is 10.2 Å². The van der Waals surface area contributed by atoms with Crippen LogP contribution in [0.4, 0.5) is 0 Å². The molecule has 0 atom stereocenters. The minimum atomic E-state index is 0.706. The average Bonchev–Trinajstić information content (AvgIpc) is 2.79. The fraction of sp³-hybridized carbons (Fsp3) is 0.786. The molecule has 0 radical (unpaired) electrons. The van der Waals surface area contributed by atoms with Gasteiger partial charge in [0.2, 0.25) is 0 Å². The molecule has 0 amide bonds. The average molecular weight is 282 g/mol. The second-order valence-electron chi connectivity index (χ2n) is 5.82. The van der Waals surface area contributed by atoms with Crippen molar-refractivity contribution < 1.29 is 0 Å². The maximum atomic E-state index is 4.55. The van der Waals surface area contributed by atoms with Crippen LogP contribution in [-0.4, -0.2) is 54.6 Å². The third-order valence-corrected chi connectivity index (χ3v) is 4.39. The summed E-state index contributed by atoms with van der Waals surface area (Å²) < 4.78 is 0. The molecule has 1 aliphatic rings. The summed E-state index contributed by atoms with van der Waals surface area (Å²) in [4.78, 5) is 10.8. The molecule has 1 saturated heterocycles. The van der Waals surface area contributed by atoms with Gasteiger partial charge in [-0.3, -0.25) is 4.90 Å². The van der Waals surface area contributed by atoms with Gasteiger partial charge in [0.1, 0.15) is 5.01 Å². The highest BCUT2D eigenvalue weighted by Crippen LogP contribution is 2.15. The largest absolute Gasteiger partial charge is 0.312 e. The van der Waals surface area contributed by atoms with Gasteiger partial charge in [0.05, 0.1) is 6.54 Å². The number of nitrogens with one attached hydrogen (secondary N) is 1. The van der Waals surface area contributed by atoms with Crippen molar-refractivity contribution in [3.63, 3.8) is 0 Å². The molecule has 2 rings (SSSR count). The van der Waals surface area contributed by atoms with E-state index in [1.54, 1.807) is 0 Å². The van der Waals surface area contributed by atoms with Crippen molar-refractivity contribution in [2.24, 2.45) is 5.92 Å². The molecular weight excluding hydrogens is 256 g/mol. The summed E-state index contributed by atoms with van der Waals surface area (Å²) in [5.41, 5.74) is 0. The van der Waals surface area contributed by atoms with Gasteiger partial charge in [0, 0.05) is 43.8 Å². The first-order valence-electron chi connectivity index (χ1n) is 7.18. The zero-order valence-corrected chi connectivity index (χ0v) is 13.2. The highest BCUT2D eigenvalue weighted by atomic mass is 32.1.